The Hall–Kier alpha value is -2.77. The first-order valence-corrected chi connectivity index (χ1v) is 6.33. The number of carboxylic acid groups (broad SMARTS) is 1. The lowest BCUT2D eigenvalue weighted by molar-refractivity contribution is -0.138. The number of nitrogens with one attached hydrogen (secondary N) is 3. The molecule has 114 valence electrons. The van der Waals surface area contributed by atoms with Crippen LogP contribution in [-0.2, 0) is 4.79 Å². The maximum absolute atomic E-state index is 11.5. The number of carbonyl (C=O) groups excluding carboxylic acids is 2. The molecule has 1 rings (SSSR count). The molecule has 8 heteroatoms. The van der Waals surface area contributed by atoms with E-state index in [9.17, 15) is 19.5 Å². The van der Waals surface area contributed by atoms with Crippen molar-refractivity contribution in [2.24, 2.45) is 5.73 Å². The molecule has 8 nitrogen and oxygen atoms in total. The third-order valence-electron chi connectivity index (χ3n) is 2.68. The minimum absolute atomic E-state index is 0.0333. The molecule has 1 aromatic rings. The summed E-state index contributed by atoms with van der Waals surface area (Å²) in [4.78, 5) is 33.1. The van der Waals surface area contributed by atoms with Gasteiger partial charge in [0.25, 0.3) is 0 Å². The Morgan fingerprint density at radius 1 is 1.05 bits per heavy atom. The van der Waals surface area contributed by atoms with Gasteiger partial charge in [-0.2, -0.15) is 0 Å². The Bertz CT molecular complexity index is 492. The fourth-order valence-corrected chi connectivity index (χ4v) is 1.65. The smallest absolute Gasteiger partial charge is 0.314 e. The largest absolute Gasteiger partial charge is 0.481 e. The van der Waals surface area contributed by atoms with Gasteiger partial charge in [0.1, 0.15) is 0 Å². The molecule has 1 atom stereocenters. The number of rotatable bonds is 7. The monoisotopic (exact) mass is 294 g/mol. The summed E-state index contributed by atoms with van der Waals surface area (Å²) >= 11 is 0. The lowest BCUT2D eigenvalue weighted by Gasteiger charge is -2.14. The summed E-state index contributed by atoms with van der Waals surface area (Å²) in [5, 5.41) is 16.4. The van der Waals surface area contributed by atoms with Gasteiger partial charge in [-0.15, -0.1) is 0 Å². The molecule has 0 radical (unpaired) electrons. The van der Waals surface area contributed by atoms with Crippen LogP contribution in [0.4, 0.5) is 9.59 Å². The highest BCUT2D eigenvalue weighted by atomic mass is 16.4. The number of nitrogens with two attached hydrogens (primary N) is 1. The number of hydrogen-bond acceptors (Lipinski definition) is 3. The Kier molecular flexibility index (Phi) is 6.52. The molecule has 0 saturated heterocycles. The molecule has 6 N–H and O–H groups in total. The second-order valence-electron chi connectivity index (χ2n) is 4.23. The van der Waals surface area contributed by atoms with Crippen molar-refractivity contribution in [3.8, 4) is 0 Å². The average Bonchev–Trinajstić information content (AvgIpc) is 2.44. The number of carbonyl (C=O) groups is 3. The Morgan fingerprint density at radius 2 is 1.67 bits per heavy atom. The van der Waals surface area contributed by atoms with Crippen molar-refractivity contribution in [3.05, 3.63) is 35.9 Å². The molecule has 0 aliphatic carbocycles. The van der Waals surface area contributed by atoms with Gasteiger partial charge in [0.2, 0.25) is 0 Å². The maximum atomic E-state index is 11.5. The number of amides is 4. The summed E-state index contributed by atoms with van der Waals surface area (Å²) in [7, 11) is 0. The van der Waals surface area contributed by atoms with E-state index in [4.69, 9.17) is 5.73 Å². The molecule has 0 aromatic heterocycles. The zero-order valence-corrected chi connectivity index (χ0v) is 11.3. The van der Waals surface area contributed by atoms with Crippen molar-refractivity contribution < 1.29 is 19.5 Å². The molecule has 0 fully saturated rings. The highest BCUT2D eigenvalue weighted by Gasteiger charge is 2.20. The first kappa shape index (κ1) is 16.3. The van der Waals surface area contributed by atoms with Crippen LogP contribution < -0.4 is 21.7 Å². The third-order valence-corrected chi connectivity index (χ3v) is 2.68. The van der Waals surface area contributed by atoms with E-state index in [0.29, 0.717) is 5.56 Å². The molecule has 4 amide bonds. The van der Waals surface area contributed by atoms with Crippen LogP contribution in [0.15, 0.2) is 30.3 Å². The molecular formula is C13H18N4O4. The molecule has 0 aliphatic rings. The first-order chi connectivity index (χ1) is 10.0. The van der Waals surface area contributed by atoms with Gasteiger partial charge in [0.15, 0.2) is 0 Å². The fourth-order valence-electron chi connectivity index (χ4n) is 1.65. The fraction of sp³-hybridized carbons (Fsp3) is 0.308. The van der Waals surface area contributed by atoms with Gasteiger partial charge >= 0.3 is 18.0 Å². The summed E-state index contributed by atoms with van der Waals surface area (Å²) in [6, 6.07) is 7.45. The van der Waals surface area contributed by atoms with E-state index in [1.807, 2.05) is 0 Å². The van der Waals surface area contributed by atoms with Crippen LogP contribution in [0.3, 0.4) is 0 Å². The quantitative estimate of drug-likeness (QED) is 0.446. The van der Waals surface area contributed by atoms with Crippen molar-refractivity contribution in [2.45, 2.75) is 5.92 Å². The molecule has 1 unspecified atom stereocenters. The van der Waals surface area contributed by atoms with Crippen molar-refractivity contribution >= 4 is 18.0 Å². The van der Waals surface area contributed by atoms with Gasteiger partial charge in [-0.3, -0.25) is 4.79 Å². The van der Waals surface area contributed by atoms with Gasteiger partial charge in [0.05, 0.1) is 5.92 Å². The number of benzene rings is 1. The van der Waals surface area contributed by atoms with E-state index in [0.717, 1.165) is 0 Å². The third kappa shape index (κ3) is 6.28. The molecular weight excluding hydrogens is 276 g/mol. The summed E-state index contributed by atoms with van der Waals surface area (Å²) in [6.45, 7) is 0.357. The Morgan fingerprint density at radius 3 is 2.24 bits per heavy atom. The van der Waals surface area contributed by atoms with E-state index < -0.39 is 23.9 Å². The topological polar surface area (TPSA) is 134 Å². The average molecular weight is 294 g/mol. The van der Waals surface area contributed by atoms with Crippen LogP contribution in [0.1, 0.15) is 11.5 Å². The van der Waals surface area contributed by atoms with Crippen LogP contribution in [0.5, 0.6) is 0 Å². The second kappa shape index (κ2) is 8.41. The van der Waals surface area contributed by atoms with Crippen LogP contribution in [0.2, 0.25) is 0 Å². The Balaban J connectivity index is 2.38. The molecule has 1 aromatic carbocycles. The van der Waals surface area contributed by atoms with Gasteiger partial charge in [-0.05, 0) is 5.56 Å². The minimum Gasteiger partial charge on any atom is -0.481 e. The van der Waals surface area contributed by atoms with Crippen molar-refractivity contribution in [1.29, 1.82) is 0 Å². The predicted molar refractivity (Wildman–Crippen MR) is 75.8 cm³/mol. The van der Waals surface area contributed by atoms with Crippen molar-refractivity contribution in [2.75, 3.05) is 19.6 Å². The summed E-state index contributed by atoms with van der Waals surface area (Å²) in [6.07, 6.45) is 0. The van der Waals surface area contributed by atoms with Crippen LogP contribution in [0, 0.1) is 0 Å². The SMILES string of the molecule is NC(=O)NCCNC(=O)NCC(C(=O)O)c1ccccc1. The van der Waals surface area contributed by atoms with Crippen LogP contribution in [-0.4, -0.2) is 42.8 Å². The molecule has 0 spiro atoms. The number of urea groups is 2. The van der Waals surface area contributed by atoms with Crippen LogP contribution >= 0.6 is 0 Å². The summed E-state index contributed by atoms with van der Waals surface area (Å²) in [5.74, 6) is -1.84. The zero-order valence-electron chi connectivity index (χ0n) is 11.3. The van der Waals surface area contributed by atoms with Gasteiger partial charge in [0, 0.05) is 19.6 Å². The standard InChI is InChI=1S/C13H18N4O4/c14-12(20)15-6-7-16-13(21)17-8-10(11(18)19)9-4-2-1-3-5-9/h1-5,10H,6-8H2,(H,18,19)(H3,14,15,20)(H2,16,17,21). The number of primary amides is 1. The summed E-state index contributed by atoms with van der Waals surface area (Å²) in [5.41, 5.74) is 5.47. The lowest BCUT2D eigenvalue weighted by atomic mass is 9.99. The van der Waals surface area contributed by atoms with Crippen LogP contribution in [0.25, 0.3) is 0 Å². The van der Waals surface area contributed by atoms with E-state index >= 15 is 0 Å². The highest BCUT2D eigenvalue weighted by molar-refractivity contribution is 5.79. The highest BCUT2D eigenvalue weighted by Crippen LogP contribution is 2.14. The number of carboxylic acids is 1. The maximum Gasteiger partial charge on any atom is 0.314 e. The van der Waals surface area contributed by atoms with Gasteiger partial charge in [-0.25, -0.2) is 9.59 Å². The summed E-state index contributed by atoms with van der Waals surface area (Å²) < 4.78 is 0. The number of hydrogen-bond donors (Lipinski definition) is 5. The molecule has 0 bridgehead atoms. The van der Waals surface area contributed by atoms with Crippen molar-refractivity contribution in [1.82, 2.24) is 16.0 Å². The molecule has 21 heavy (non-hydrogen) atoms. The molecule has 0 aliphatic heterocycles. The minimum atomic E-state index is -1.02. The first-order valence-electron chi connectivity index (χ1n) is 6.33. The van der Waals surface area contributed by atoms with E-state index in [1.165, 1.54) is 0 Å². The molecule has 0 heterocycles. The number of aliphatic carboxylic acids is 1. The molecule has 0 saturated carbocycles. The second-order valence-corrected chi connectivity index (χ2v) is 4.23. The normalized spacial score (nSPS) is 11.2. The Labute approximate surface area is 121 Å². The predicted octanol–water partition coefficient (Wildman–Crippen LogP) is -0.178. The van der Waals surface area contributed by atoms with Gasteiger partial charge < -0.3 is 26.8 Å². The van der Waals surface area contributed by atoms with E-state index in [1.54, 1.807) is 30.3 Å². The van der Waals surface area contributed by atoms with Crippen molar-refractivity contribution in [3.63, 3.8) is 0 Å². The van der Waals surface area contributed by atoms with Gasteiger partial charge in [-0.1, -0.05) is 30.3 Å². The zero-order chi connectivity index (χ0) is 15.7. The lowest BCUT2D eigenvalue weighted by Crippen LogP contribution is -2.43. The van der Waals surface area contributed by atoms with E-state index in [-0.39, 0.29) is 19.6 Å². The van der Waals surface area contributed by atoms with E-state index in [2.05, 4.69) is 16.0 Å².